The Kier molecular flexibility index (Phi) is 10.8. The van der Waals surface area contributed by atoms with Crippen LogP contribution in [0.1, 0.15) is 107 Å². The van der Waals surface area contributed by atoms with E-state index in [-0.39, 0.29) is 53.6 Å². The van der Waals surface area contributed by atoms with Crippen LogP contribution in [-0.4, -0.2) is 99.6 Å². The van der Waals surface area contributed by atoms with Crippen molar-refractivity contribution in [1.29, 1.82) is 0 Å². The molecule has 9 rings (SSSR count). The molecule has 2 aromatic carbocycles. The molecule has 0 spiro atoms. The fraction of sp³-hybridized carbons (Fsp3) is 0.444. The minimum absolute atomic E-state index is 0.0158. The van der Waals surface area contributed by atoms with Crippen LogP contribution >= 0.6 is 11.6 Å². The second kappa shape index (κ2) is 16.3. The Morgan fingerprint density at radius 2 is 1.55 bits per heavy atom. The smallest absolute Gasteiger partial charge is 0.262 e. The lowest BCUT2D eigenvalue weighted by Crippen LogP contribution is -2.54. The molecule has 6 heterocycles. The van der Waals surface area contributed by atoms with Gasteiger partial charge in [0.15, 0.2) is 0 Å². The highest BCUT2D eigenvalue weighted by Gasteiger charge is 2.45. The molecule has 60 heavy (non-hydrogen) atoms. The third kappa shape index (κ3) is 7.59. The highest BCUT2D eigenvalue weighted by atomic mass is 35.5. The van der Waals surface area contributed by atoms with Crippen LogP contribution in [-0.2, 0) is 16.1 Å². The molecule has 6 aliphatic rings. The summed E-state index contributed by atoms with van der Waals surface area (Å²) in [6.45, 7) is 10.7. The number of pyridine rings is 1. The summed E-state index contributed by atoms with van der Waals surface area (Å²) in [6, 6.07) is 10.7. The lowest BCUT2D eigenvalue weighted by molar-refractivity contribution is -0.136. The molecule has 1 N–H and O–H groups in total. The number of hydrogen-bond acceptors (Lipinski definition) is 9. The van der Waals surface area contributed by atoms with E-state index in [2.05, 4.69) is 26.9 Å². The van der Waals surface area contributed by atoms with E-state index in [1.165, 1.54) is 6.07 Å². The molecule has 1 aromatic heterocycles. The maximum absolute atomic E-state index is 15.5. The number of imide groups is 2. The molecule has 4 fully saturated rings. The molecule has 13 nitrogen and oxygen atoms in total. The van der Waals surface area contributed by atoms with Crippen LogP contribution in [0.15, 0.2) is 42.5 Å². The van der Waals surface area contributed by atoms with E-state index in [4.69, 9.17) is 27.9 Å². The van der Waals surface area contributed by atoms with Gasteiger partial charge in [-0.1, -0.05) is 23.6 Å². The third-order valence-corrected chi connectivity index (χ3v) is 13.3. The van der Waals surface area contributed by atoms with E-state index < -0.39 is 35.5 Å². The van der Waals surface area contributed by atoms with Crippen molar-refractivity contribution in [2.75, 3.05) is 31.1 Å². The molecule has 308 valence electrons. The first-order valence-corrected chi connectivity index (χ1v) is 21.1. The lowest BCUT2D eigenvalue weighted by atomic mass is 9.92. The van der Waals surface area contributed by atoms with Crippen molar-refractivity contribution in [2.24, 2.45) is 5.92 Å². The maximum Gasteiger partial charge on any atom is 0.262 e. The SMILES string of the molecule is [C-]#[N+]c1ccc(OC2CCC(N3Cc4nc(C#CC5CCN(C6CCN(c7cc8c(cc7F)C(=O)N(C7CCC(=O)NC7=O)C8=O)CC6)CC5)ccc4C3=O)CC2)cc1Cl. The summed E-state index contributed by atoms with van der Waals surface area (Å²) in [5, 5.41) is 2.56. The zero-order valence-electron chi connectivity index (χ0n) is 32.9. The van der Waals surface area contributed by atoms with Gasteiger partial charge in [0, 0.05) is 37.5 Å². The molecule has 0 bridgehead atoms. The quantitative estimate of drug-likeness (QED) is 0.183. The first-order chi connectivity index (χ1) is 29.0. The maximum atomic E-state index is 15.5. The van der Waals surface area contributed by atoms with Crippen LogP contribution in [0.4, 0.5) is 15.8 Å². The summed E-state index contributed by atoms with van der Waals surface area (Å²) < 4.78 is 21.6. The Morgan fingerprint density at radius 1 is 0.817 bits per heavy atom. The summed E-state index contributed by atoms with van der Waals surface area (Å²) in [5.74, 6) is 4.53. The average molecular weight is 832 g/mol. The molecular weight excluding hydrogens is 789 g/mol. The van der Waals surface area contributed by atoms with E-state index in [9.17, 15) is 24.0 Å². The number of nitrogens with zero attached hydrogens (tertiary/aromatic N) is 6. The van der Waals surface area contributed by atoms with Gasteiger partial charge in [-0.05, 0) is 113 Å². The normalized spacial score (nSPS) is 23.9. The fourth-order valence-corrected chi connectivity index (χ4v) is 9.88. The Labute approximate surface area is 352 Å². The van der Waals surface area contributed by atoms with Crippen LogP contribution in [0.3, 0.4) is 0 Å². The van der Waals surface area contributed by atoms with Gasteiger partial charge in [-0.25, -0.2) is 14.2 Å². The van der Waals surface area contributed by atoms with Crippen molar-refractivity contribution in [3.8, 4) is 17.6 Å². The number of carbonyl (C=O) groups excluding carboxylic acids is 5. The molecule has 0 radical (unpaired) electrons. The third-order valence-electron chi connectivity index (χ3n) is 13.0. The zero-order chi connectivity index (χ0) is 41.7. The minimum Gasteiger partial charge on any atom is -0.490 e. The Bertz CT molecular complexity index is 2400. The molecule has 1 aliphatic carbocycles. The molecule has 3 aromatic rings. The molecule has 5 amide bonds. The van der Waals surface area contributed by atoms with Gasteiger partial charge in [0.05, 0.1) is 52.3 Å². The van der Waals surface area contributed by atoms with E-state index in [1.807, 2.05) is 21.9 Å². The largest absolute Gasteiger partial charge is 0.490 e. The van der Waals surface area contributed by atoms with Crippen LogP contribution in [0.25, 0.3) is 4.85 Å². The number of benzene rings is 2. The Hall–Kier alpha value is -5.83. The predicted octanol–water partition coefficient (Wildman–Crippen LogP) is 5.90. The molecule has 1 atom stereocenters. The highest BCUT2D eigenvalue weighted by Crippen LogP contribution is 2.36. The molecule has 1 saturated carbocycles. The number of carbonyl (C=O) groups is 5. The number of fused-ring (bicyclic) bond motifs is 2. The van der Waals surface area contributed by atoms with E-state index >= 15 is 4.39 Å². The van der Waals surface area contributed by atoms with Gasteiger partial charge in [-0.3, -0.25) is 34.2 Å². The van der Waals surface area contributed by atoms with Crippen LogP contribution in [0, 0.1) is 30.1 Å². The van der Waals surface area contributed by atoms with Crippen molar-refractivity contribution in [1.82, 2.24) is 25.0 Å². The zero-order valence-corrected chi connectivity index (χ0v) is 33.7. The number of nitrogens with one attached hydrogen (secondary N) is 1. The second-order valence-electron chi connectivity index (χ2n) is 16.5. The van der Waals surface area contributed by atoms with Crippen molar-refractivity contribution >= 4 is 52.5 Å². The number of likely N-dealkylation sites (tertiary alicyclic amines) is 1. The Balaban J connectivity index is 0.743. The number of halogens is 2. The molecule has 15 heteroatoms. The van der Waals surface area contributed by atoms with Crippen molar-refractivity contribution in [3.05, 3.63) is 92.8 Å². The summed E-state index contributed by atoms with van der Waals surface area (Å²) in [7, 11) is 0. The molecule has 1 unspecified atom stereocenters. The summed E-state index contributed by atoms with van der Waals surface area (Å²) >= 11 is 6.19. The summed E-state index contributed by atoms with van der Waals surface area (Å²) in [6.07, 6.45) is 6.86. The second-order valence-corrected chi connectivity index (χ2v) is 16.9. The topological polar surface area (TPSA) is 137 Å². The van der Waals surface area contributed by atoms with Crippen LogP contribution in [0.5, 0.6) is 5.75 Å². The van der Waals surface area contributed by atoms with Gasteiger partial charge in [0.25, 0.3) is 17.7 Å². The van der Waals surface area contributed by atoms with E-state index in [0.717, 1.165) is 81.1 Å². The van der Waals surface area contributed by atoms with Gasteiger partial charge in [0.2, 0.25) is 17.5 Å². The van der Waals surface area contributed by atoms with Crippen molar-refractivity contribution in [3.63, 3.8) is 0 Å². The monoisotopic (exact) mass is 831 g/mol. The van der Waals surface area contributed by atoms with Gasteiger partial charge in [-0.2, -0.15) is 0 Å². The summed E-state index contributed by atoms with van der Waals surface area (Å²) in [4.78, 5) is 79.3. The van der Waals surface area contributed by atoms with Crippen LogP contribution < -0.4 is 15.0 Å². The predicted molar refractivity (Wildman–Crippen MR) is 218 cm³/mol. The first kappa shape index (κ1) is 39.6. The van der Waals surface area contributed by atoms with Gasteiger partial charge in [0.1, 0.15) is 23.3 Å². The van der Waals surface area contributed by atoms with E-state index in [1.54, 1.807) is 18.2 Å². The number of hydrogen-bond donors (Lipinski definition) is 1. The van der Waals surface area contributed by atoms with Crippen molar-refractivity contribution in [2.45, 2.75) is 95.0 Å². The highest BCUT2D eigenvalue weighted by molar-refractivity contribution is 6.33. The van der Waals surface area contributed by atoms with E-state index in [0.29, 0.717) is 53.4 Å². The number of amides is 5. The van der Waals surface area contributed by atoms with Crippen LogP contribution in [0.2, 0.25) is 5.02 Å². The number of rotatable bonds is 6. The Morgan fingerprint density at radius 3 is 2.25 bits per heavy atom. The number of aromatic nitrogens is 1. The number of piperidine rings is 3. The summed E-state index contributed by atoms with van der Waals surface area (Å²) in [5.41, 5.74) is 2.77. The van der Waals surface area contributed by atoms with Crippen molar-refractivity contribution < 1.29 is 33.1 Å². The minimum atomic E-state index is -1.10. The number of anilines is 1. The van der Waals surface area contributed by atoms with Gasteiger partial charge in [-0.15, -0.1) is 0 Å². The molecular formula is C45H43ClFN7O6. The fourth-order valence-electron chi connectivity index (χ4n) is 9.67. The number of ether oxygens (including phenoxy) is 1. The lowest BCUT2D eigenvalue weighted by Gasteiger charge is -2.42. The van der Waals surface area contributed by atoms with Gasteiger partial charge >= 0.3 is 0 Å². The standard InChI is InChI=1S/C45H43ClFN7O6/c1-48-37-11-9-31(22-35(37)46)60-30-7-5-29(6-8-30)53-25-38-32(43(53)57)10-4-27(49-38)3-2-26-14-18-51(19-15-26)28-16-20-52(21-17-28)40-24-34-33(23-36(40)47)44(58)54(45(34)59)39-12-13-41(55)50-42(39)56/h4,9-11,22-24,26,28-30,39H,5-8,12-21,25H2,(H,50,55,56). The average Bonchev–Trinajstić information content (AvgIpc) is 3.70. The van der Waals surface area contributed by atoms with Gasteiger partial charge < -0.3 is 19.4 Å². The molecule has 3 saturated heterocycles. The molecule has 5 aliphatic heterocycles. The first-order valence-electron chi connectivity index (χ1n) is 20.7.